The molecule has 172 valence electrons. The normalized spacial score (nSPS) is 11.9. The second-order valence-electron chi connectivity index (χ2n) is 7.48. The molecule has 4 aromatic rings. The van der Waals surface area contributed by atoms with E-state index < -0.39 is 0 Å². The topological polar surface area (TPSA) is 87.5 Å². The first-order valence-corrected chi connectivity index (χ1v) is 11.6. The third kappa shape index (κ3) is 4.69. The number of benzene rings is 3. The number of para-hydroxylation sites is 2. The van der Waals surface area contributed by atoms with Gasteiger partial charge in [-0.1, -0.05) is 60.3 Å². The highest BCUT2D eigenvalue weighted by Gasteiger charge is 2.19. The Bertz CT molecular complexity index is 1310. The van der Waals surface area contributed by atoms with E-state index in [2.05, 4.69) is 15.5 Å². The van der Waals surface area contributed by atoms with Crippen molar-refractivity contribution in [1.82, 2.24) is 14.8 Å². The van der Waals surface area contributed by atoms with Gasteiger partial charge < -0.3 is 19.5 Å². The molecule has 0 saturated carbocycles. The van der Waals surface area contributed by atoms with Gasteiger partial charge in [0.2, 0.25) is 12.7 Å². The lowest BCUT2D eigenvalue weighted by Crippen LogP contribution is -2.15. The number of carbonyl (C=O) groups is 1. The predicted octanol–water partition coefficient (Wildman–Crippen LogP) is 4.46. The number of fused-ring (bicyclic) bond motifs is 1. The van der Waals surface area contributed by atoms with Crippen LogP contribution in [0.5, 0.6) is 17.2 Å². The molecule has 0 unspecified atom stereocenters. The smallest absolute Gasteiger partial charge is 0.234 e. The van der Waals surface area contributed by atoms with Crippen molar-refractivity contribution in [3.8, 4) is 28.6 Å². The number of anilines is 1. The molecule has 5 rings (SSSR count). The standard InChI is InChI=1S/C25H22N4O4S/c1-31-20-10-6-5-9-19(20)26-23(30)15-34-25-28-27-24(18-7-3-2-4-8-18)29(25)14-17-11-12-21-22(13-17)33-16-32-21/h2-13H,14-16H2,1H3,(H,26,30). The van der Waals surface area contributed by atoms with Crippen molar-refractivity contribution < 1.29 is 19.0 Å². The number of methoxy groups -OCH3 is 1. The number of ether oxygens (including phenoxy) is 3. The summed E-state index contributed by atoms with van der Waals surface area (Å²) in [6, 6.07) is 23.0. The van der Waals surface area contributed by atoms with Crippen LogP contribution in [-0.2, 0) is 11.3 Å². The van der Waals surface area contributed by atoms with Gasteiger partial charge in [0.15, 0.2) is 22.5 Å². The molecule has 0 fully saturated rings. The molecule has 34 heavy (non-hydrogen) atoms. The summed E-state index contributed by atoms with van der Waals surface area (Å²) in [6.07, 6.45) is 0. The molecule has 0 atom stereocenters. The minimum atomic E-state index is -0.159. The Morgan fingerprint density at radius 3 is 2.68 bits per heavy atom. The van der Waals surface area contributed by atoms with Gasteiger partial charge >= 0.3 is 0 Å². The average Bonchev–Trinajstić information content (AvgIpc) is 3.50. The van der Waals surface area contributed by atoms with E-state index in [4.69, 9.17) is 14.2 Å². The number of hydrogen-bond acceptors (Lipinski definition) is 7. The minimum absolute atomic E-state index is 0.159. The maximum absolute atomic E-state index is 12.7. The van der Waals surface area contributed by atoms with Crippen LogP contribution >= 0.6 is 11.8 Å². The molecule has 1 amide bonds. The summed E-state index contributed by atoms with van der Waals surface area (Å²) in [5, 5.41) is 12.4. The van der Waals surface area contributed by atoms with Crippen LogP contribution in [0.25, 0.3) is 11.4 Å². The van der Waals surface area contributed by atoms with Gasteiger partial charge in [0.25, 0.3) is 0 Å². The first-order chi connectivity index (χ1) is 16.7. The fraction of sp³-hybridized carbons (Fsp3) is 0.160. The third-order valence-corrected chi connectivity index (χ3v) is 6.21. The van der Waals surface area contributed by atoms with Crippen molar-refractivity contribution in [3.05, 3.63) is 78.4 Å². The maximum atomic E-state index is 12.7. The van der Waals surface area contributed by atoms with Crippen LogP contribution in [0, 0.1) is 0 Å². The zero-order valence-electron chi connectivity index (χ0n) is 18.4. The number of hydrogen-bond donors (Lipinski definition) is 1. The SMILES string of the molecule is COc1ccccc1NC(=O)CSc1nnc(-c2ccccc2)n1Cc1ccc2c(c1)OCO2. The van der Waals surface area contributed by atoms with E-state index in [1.165, 1.54) is 11.8 Å². The first kappa shape index (κ1) is 21.8. The predicted molar refractivity (Wildman–Crippen MR) is 129 cm³/mol. The van der Waals surface area contributed by atoms with Crippen LogP contribution in [0.15, 0.2) is 78.0 Å². The summed E-state index contributed by atoms with van der Waals surface area (Å²) >= 11 is 1.33. The molecule has 8 nitrogen and oxygen atoms in total. The highest BCUT2D eigenvalue weighted by Crippen LogP contribution is 2.34. The number of aromatic nitrogens is 3. The van der Waals surface area contributed by atoms with Crippen LogP contribution in [0.3, 0.4) is 0 Å². The summed E-state index contributed by atoms with van der Waals surface area (Å²) < 4.78 is 18.3. The van der Waals surface area contributed by atoms with Crippen molar-refractivity contribution >= 4 is 23.4 Å². The van der Waals surface area contributed by atoms with Crippen LogP contribution in [0.1, 0.15) is 5.56 Å². The molecule has 0 bridgehead atoms. The molecule has 1 aromatic heterocycles. The molecule has 0 radical (unpaired) electrons. The lowest BCUT2D eigenvalue weighted by Gasteiger charge is -2.12. The van der Waals surface area contributed by atoms with Crippen LogP contribution in [0.4, 0.5) is 5.69 Å². The van der Waals surface area contributed by atoms with Gasteiger partial charge in [-0.15, -0.1) is 10.2 Å². The quantitative estimate of drug-likeness (QED) is 0.377. The summed E-state index contributed by atoms with van der Waals surface area (Å²) in [5.74, 6) is 2.81. The number of amides is 1. The van der Waals surface area contributed by atoms with Crippen molar-refractivity contribution in [2.45, 2.75) is 11.7 Å². The van der Waals surface area contributed by atoms with E-state index in [0.717, 1.165) is 28.5 Å². The fourth-order valence-electron chi connectivity index (χ4n) is 3.62. The Hall–Kier alpha value is -3.98. The van der Waals surface area contributed by atoms with Crippen molar-refractivity contribution in [1.29, 1.82) is 0 Å². The van der Waals surface area contributed by atoms with E-state index in [0.29, 0.717) is 23.1 Å². The highest BCUT2D eigenvalue weighted by molar-refractivity contribution is 7.99. The Morgan fingerprint density at radius 1 is 1.03 bits per heavy atom. The van der Waals surface area contributed by atoms with Gasteiger partial charge in [-0.05, 0) is 29.8 Å². The molecule has 0 saturated heterocycles. The monoisotopic (exact) mass is 474 g/mol. The van der Waals surface area contributed by atoms with Crippen molar-refractivity contribution in [2.75, 3.05) is 25.0 Å². The maximum Gasteiger partial charge on any atom is 0.234 e. The Balaban J connectivity index is 1.37. The zero-order valence-corrected chi connectivity index (χ0v) is 19.2. The van der Waals surface area contributed by atoms with Gasteiger partial charge in [-0.25, -0.2) is 0 Å². The second kappa shape index (κ2) is 9.88. The van der Waals surface area contributed by atoms with Crippen LogP contribution in [-0.4, -0.2) is 40.3 Å². The van der Waals surface area contributed by atoms with E-state index in [9.17, 15) is 4.79 Å². The fourth-order valence-corrected chi connectivity index (χ4v) is 4.36. The lowest BCUT2D eigenvalue weighted by atomic mass is 10.2. The molecule has 1 aliphatic heterocycles. The number of nitrogens with zero attached hydrogens (tertiary/aromatic N) is 3. The van der Waals surface area contributed by atoms with E-state index in [1.54, 1.807) is 19.2 Å². The number of thioether (sulfide) groups is 1. The molecule has 0 aliphatic carbocycles. The molecule has 0 spiro atoms. The lowest BCUT2D eigenvalue weighted by molar-refractivity contribution is -0.113. The second-order valence-corrected chi connectivity index (χ2v) is 8.43. The zero-order chi connectivity index (χ0) is 23.3. The summed E-state index contributed by atoms with van der Waals surface area (Å²) in [7, 11) is 1.57. The average molecular weight is 475 g/mol. The third-order valence-electron chi connectivity index (χ3n) is 5.24. The summed E-state index contributed by atoms with van der Waals surface area (Å²) in [5.41, 5.74) is 2.59. The molecular weight excluding hydrogens is 452 g/mol. The van der Waals surface area contributed by atoms with Gasteiger partial charge in [0, 0.05) is 5.56 Å². The van der Waals surface area contributed by atoms with Crippen molar-refractivity contribution in [2.24, 2.45) is 0 Å². The molecular formula is C25H22N4O4S. The molecule has 9 heteroatoms. The number of carbonyl (C=O) groups excluding carboxylic acids is 1. The van der Waals surface area contributed by atoms with E-state index in [1.807, 2.05) is 65.2 Å². The minimum Gasteiger partial charge on any atom is -0.495 e. The molecule has 3 aromatic carbocycles. The van der Waals surface area contributed by atoms with Crippen LogP contribution < -0.4 is 19.5 Å². The largest absolute Gasteiger partial charge is 0.495 e. The van der Waals surface area contributed by atoms with Crippen LogP contribution in [0.2, 0.25) is 0 Å². The number of nitrogens with one attached hydrogen (secondary N) is 1. The first-order valence-electron chi connectivity index (χ1n) is 10.6. The molecule has 1 aliphatic rings. The van der Waals surface area contributed by atoms with E-state index in [-0.39, 0.29) is 18.5 Å². The molecule has 1 N–H and O–H groups in total. The number of rotatable bonds is 8. The Labute approximate surface area is 200 Å². The Morgan fingerprint density at radius 2 is 1.82 bits per heavy atom. The van der Waals surface area contributed by atoms with Gasteiger partial charge in [0.1, 0.15) is 5.75 Å². The highest BCUT2D eigenvalue weighted by atomic mass is 32.2. The van der Waals surface area contributed by atoms with Gasteiger partial charge in [0.05, 0.1) is 25.1 Å². The van der Waals surface area contributed by atoms with Gasteiger partial charge in [-0.2, -0.15) is 0 Å². The van der Waals surface area contributed by atoms with Gasteiger partial charge in [-0.3, -0.25) is 9.36 Å². The summed E-state index contributed by atoms with van der Waals surface area (Å²) in [4.78, 5) is 12.7. The van der Waals surface area contributed by atoms with E-state index >= 15 is 0 Å². The summed E-state index contributed by atoms with van der Waals surface area (Å²) in [6.45, 7) is 0.743. The van der Waals surface area contributed by atoms with Crippen molar-refractivity contribution in [3.63, 3.8) is 0 Å². The Kier molecular flexibility index (Phi) is 6.35. The molecule has 2 heterocycles.